The molecule has 0 atom stereocenters. The van der Waals surface area contributed by atoms with Crippen molar-refractivity contribution in [2.24, 2.45) is 0 Å². The van der Waals surface area contributed by atoms with E-state index in [0.717, 1.165) is 16.9 Å². The monoisotopic (exact) mass is 334 g/mol. The van der Waals surface area contributed by atoms with Crippen molar-refractivity contribution in [3.63, 3.8) is 0 Å². The number of ether oxygens (including phenoxy) is 1. The summed E-state index contributed by atoms with van der Waals surface area (Å²) in [7, 11) is -0.390. The summed E-state index contributed by atoms with van der Waals surface area (Å²) in [5.74, 6) is 2.98. The van der Waals surface area contributed by atoms with Crippen LogP contribution in [-0.2, 0) is 15.9 Å². The van der Waals surface area contributed by atoms with Crippen molar-refractivity contribution in [1.82, 2.24) is 0 Å². The molecule has 4 heteroatoms. The van der Waals surface area contributed by atoms with Gasteiger partial charge in [0.25, 0.3) is 0 Å². The van der Waals surface area contributed by atoms with Gasteiger partial charge < -0.3 is 14.0 Å². The fraction of sp³-hybridized carbons (Fsp3) is 0.333. The Bertz CT molecular complexity index is 773. The minimum Gasteiger partial charge on any atom is -0.488 e. The summed E-state index contributed by atoms with van der Waals surface area (Å²) < 4.78 is 18.4. The lowest BCUT2D eigenvalue weighted by Gasteiger charge is -2.32. The van der Waals surface area contributed by atoms with Crippen LogP contribution in [0.4, 0.5) is 0 Å². The zero-order chi connectivity index (χ0) is 17.7. The third-order valence-corrected chi connectivity index (χ3v) is 5.44. The van der Waals surface area contributed by atoms with E-state index in [0.29, 0.717) is 6.61 Å². The second-order valence-electron chi connectivity index (χ2n) is 7.65. The lowest BCUT2D eigenvalue weighted by Crippen LogP contribution is -2.41. The second-order valence-corrected chi connectivity index (χ2v) is 7.65. The first-order chi connectivity index (χ1) is 11.9. The highest BCUT2D eigenvalue weighted by Crippen LogP contribution is 2.40. The van der Waals surface area contributed by atoms with Gasteiger partial charge in [-0.05, 0) is 56.4 Å². The number of hydrogen-bond acceptors (Lipinski definition) is 3. The highest BCUT2D eigenvalue weighted by Gasteiger charge is 2.50. The molecule has 0 aliphatic carbocycles. The predicted molar refractivity (Wildman–Crippen MR) is 100 cm³/mol. The molecule has 3 nitrogen and oxygen atoms in total. The van der Waals surface area contributed by atoms with E-state index >= 15 is 0 Å². The summed E-state index contributed by atoms with van der Waals surface area (Å²) in [6, 6.07) is 16.5. The third kappa shape index (κ3) is 2.80. The smallest absolute Gasteiger partial charge is 0.487 e. The molecule has 0 saturated carbocycles. The summed E-state index contributed by atoms with van der Waals surface area (Å²) >= 11 is 0. The van der Waals surface area contributed by atoms with E-state index < -0.39 is 0 Å². The third-order valence-electron chi connectivity index (χ3n) is 5.44. The largest absolute Gasteiger partial charge is 0.488 e. The van der Waals surface area contributed by atoms with Crippen LogP contribution in [-0.4, -0.2) is 18.3 Å². The van der Waals surface area contributed by atoms with Gasteiger partial charge in [-0.15, -0.1) is 0 Å². The Morgan fingerprint density at radius 1 is 0.840 bits per heavy atom. The Balaban J connectivity index is 1.84. The Hall–Kier alpha value is -2.04. The van der Waals surface area contributed by atoms with Crippen molar-refractivity contribution in [1.29, 1.82) is 0 Å². The zero-order valence-electron chi connectivity index (χ0n) is 15.2. The zero-order valence-corrected chi connectivity index (χ0v) is 15.2. The van der Waals surface area contributed by atoms with E-state index in [4.69, 9.17) is 14.0 Å². The van der Waals surface area contributed by atoms with Gasteiger partial charge in [0.2, 0.25) is 0 Å². The quantitative estimate of drug-likeness (QED) is 0.711. The summed E-state index contributed by atoms with van der Waals surface area (Å²) in [5, 5.41) is 0. The maximum absolute atomic E-state index is 6.20. The van der Waals surface area contributed by atoms with Crippen LogP contribution in [0.3, 0.4) is 0 Å². The van der Waals surface area contributed by atoms with Gasteiger partial charge >= 0.3 is 7.12 Å². The van der Waals surface area contributed by atoms with Crippen molar-refractivity contribution < 1.29 is 14.0 Å². The Labute approximate surface area is 149 Å². The molecule has 2 heterocycles. The summed E-state index contributed by atoms with van der Waals surface area (Å²) in [5.41, 5.74) is 3.80. The van der Waals surface area contributed by atoms with Crippen LogP contribution in [0.2, 0.25) is 0 Å². The molecule has 4 rings (SSSR count). The van der Waals surface area contributed by atoms with Gasteiger partial charge in [0, 0.05) is 5.56 Å². The van der Waals surface area contributed by atoms with Crippen LogP contribution in [0.1, 0.15) is 44.4 Å². The molecule has 0 bridgehead atoms. The van der Waals surface area contributed by atoms with Crippen LogP contribution in [0, 0.1) is 0 Å². The number of para-hydroxylation sites is 1. The van der Waals surface area contributed by atoms with Crippen LogP contribution >= 0.6 is 0 Å². The first-order valence-electron chi connectivity index (χ1n) is 8.75. The summed E-state index contributed by atoms with van der Waals surface area (Å²) in [6.45, 7) is 8.86. The van der Waals surface area contributed by atoms with E-state index in [9.17, 15) is 0 Å². The van der Waals surface area contributed by atoms with E-state index in [-0.39, 0.29) is 18.3 Å². The maximum atomic E-state index is 6.20. The molecule has 1 fully saturated rings. The number of fused-ring (bicyclic) bond motifs is 2. The molecular weight excluding hydrogens is 311 g/mol. The number of rotatable bonds is 1. The summed E-state index contributed by atoms with van der Waals surface area (Å²) in [4.78, 5) is 0. The Morgan fingerprint density at radius 2 is 1.44 bits per heavy atom. The van der Waals surface area contributed by atoms with Gasteiger partial charge in [-0.3, -0.25) is 0 Å². The van der Waals surface area contributed by atoms with Crippen LogP contribution in [0.5, 0.6) is 5.75 Å². The minimum atomic E-state index is -0.390. The van der Waals surface area contributed by atoms with E-state index in [1.807, 2.05) is 24.3 Å². The first kappa shape index (κ1) is 16.4. The molecule has 0 radical (unpaired) electrons. The summed E-state index contributed by atoms with van der Waals surface area (Å²) in [6.07, 6.45) is 0. The van der Waals surface area contributed by atoms with Gasteiger partial charge in [0.1, 0.15) is 12.4 Å². The maximum Gasteiger partial charge on any atom is 0.487 e. The average Bonchev–Trinajstić information content (AvgIpc) is 2.70. The van der Waals surface area contributed by atoms with Gasteiger partial charge in [0.15, 0.2) is 0 Å². The van der Waals surface area contributed by atoms with Gasteiger partial charge in [-0.2, -0.15) is 0 Å². The van der Waals surface area contributed by atoms with Crippen molar-refractivity contribution in [2.45, 2.75) is 45.5 Å². The van der Waals surface area contributed by atoms with Crippen LogP contribution in [0.15, 0.2) is 54.5 Å². The van der Waals surface area contributed by atoms with Crippen molar-refractivity contribution in [2.75, 3.05) is 0 Å². The highest BCUT2D eigenvalue weighted by atomic mass is 16.7. The van der Waals surface area contributed by atoms with Crippen molar-refractivity contribution in [3.8, 4) is 5.75 Å². The molecule has 0 N–H and O–H groups in total. The van der Waals surface area contributed by atoms with E-state index in [2.05, 4.69) is 57.9 Å². The Morgan fingerprint density at radius 3 is 2.16 bits per heavy atom. The van der Waals surface area contributed by atoms with Gasteiger partial charge in [0.05, 0.1) is 11.2 Å². The first-order valence-corrected chi connectivity index (χ1v) is 8.75. The van der Waals surface area contributed by atoms with Crippen LogP contribution in [0.25, 0.3) is 5.57 Å². The topological polar surface area (TPSA) is 27.7 Å². The molecule has 0 unspecified atom stereocenters. The molecule has 0 amide bonds. The lowest BCUT2D eigenvalue weighted by molar-refractivity contribution is 0.00578. The lowest BCUT2D eigenvalue weighted by atomic mass is 9.81. The molecule has 2 aromatic carbocycles. The Kier molecular flexibility index (Phi) is 3.78. The highest BCUT2D eigenvalue weighted by molar-refractivity contribution is 6.53. The normalized spacial score (nSPS) is 22.1. The minimum absolute atomic E-state index is 0.352. The molecule has 1 saturated heterocycles. The van der Waals surface area contributed by atoms with Crippen molar-refractivity contribution in [3.05, 3.63) is 71.2 Å². The molecule has 2 aliphatic rings. The van der Waals surface area contributed by atoms with Crippen molar-refractivity contribution >= 4 is 12.7 Å². The fourth-order valence-electron chi connectivity index (χ4n) is 3.30. The molecular formula is C21H23BO3. The standard InChI is InChI=1S/C21H23BO3/c1-20(2)21(3,4)25-22(24-20)13-18-16-10-6-5-9-15(16)14-23-19-12-8-7-11-17(18)19/h5-13H,14H2,1-4H3. The molecule has 2 aromatic rings. The molecule has 0 aromatic heterocycles. The molecule has 25 heavy (non-hydrogen) atoms. The van der Waals surface area contributed by atoms with Gasteiger partial charge in [-0.25, -0.2) is 0 Å². The predicted octanol–water partition coefficient (Wildman–Crippen LogP) is 4.64. The number of hydrogen-bond donors (Lipinski definition) is 0. The molecule has 0 spiro atoms. The molecule has 128 valence electrons. The van der Waals surface area contributed by atoms with Gasteiger partial charge in [-0.1, -0.05) is 42.5 Å². The molecule has 2 aliphatic heterocycles. The SMILES string of the molecule is CC1(C)OB(C=C2c3ccccc3COc3ccccc32)OC1(C)C. The van der Waals surface area contributed by atoms with E-state index in [1.54, 1.807) is 0 Å². The second kappa shape index (κ2) is 5.75. The average molecular weight is 334 g/mol. The van der Waals surface area contributed by atoms with E-state index in [1.165, 1.54) is 11.1 Å². The number of benzene rings is 2. The fourth-order valence-corrected chi connectivity index (χ4v) is 3.30. The van der Waals surface area contributed by atoms with Crippen LogP contribution < -0.4 is 4.74 Å².